The molecule has 1 aliphatic rings. The van der Waals surface area contributed by atoms with Gasteiger partial charge < -0.3 is 15.3 Å². The van der Waals surface area contributed by atoms with E-state index in [1.165, 1.54) is 40.9 Å². The van der Waals surface area contributed by atoms with Crippen molar-refractivity contribution in [1.82, 2.24) is 10.2 Å². The molecular weight excluding hydrogens is 422 g/mol. The number of aliphatic carboxylic acids is 1. The number of carboxylic acids is 1. The van der Waals surface area contributed by atoms with Crippen molar-refractivity contribution in [3.63, 3.8) is 0 Å². The average Bonchev–Trinajstić information content (AvgIpc) is 2.75. The van der Waals surface area contributed by atoms with Crippen LogP contribution in [0.2, 0.25) is 0 Å². The highest BCUT2D eigenvalue weighted by Gasteiger charge is 2.35. The summed E-state index contributed by atoms with van der Waals surface area (Å²) >= 11 is 1.33. The number of nitrogens with one attached hydrogen (secondary N) is 1. The van der Waals surface area contributed by atoms with E-state index in [0.717, 1.165) is 5.56 Å². The summed E-state index contributed by atoms with van der Waals surface area (Å²) in [6.45, 7) is 0.262. The molecule has 0 spiro atoms. The van der Waals surface area contributed by atoms with Gasteiger partial charge in [-0.15, -0.1) is 11.8 Å². The third-order valence-electron chi connectivity index (χ3n) is 4.90. The number of hydrogen-bond donors (Lipinski definition) is 2. The van der Waals surface area contributed by atoms with E-state index in [4.69, 9.17) is 0 Å². The Bertz CT molecular complexity index is 967. The van der Waals surface area contributed by atoms with Crippen molar-refractivity contribution in [2.75, 3.05) is 11.5 Å². The largest absolute Gasteiger partial charge is 0.480 e. The number of nitrogens with zero attached hydrogens (tertiary/aromatic N) is 2. The highest BCUT2D eigenvalue weighted by atomic mass is 32.2. The first-order valence-corrected chi connectivity index (χ1v) is 10.7. The molecule has 0 saturated carbocycles. The fraction of sp³-hybridized carbons (Fsp3) is 0.286. The second kappa shape index (κ2) is 10.1. The third kappa shape index (κ3) is 5.82. The van der Waals surface area contributed by atoms with Crippen LogP contribution in [0.25, 0.3) is 0 Å². The van der Waals surface area contributed by atoms with E-state index >= 15 is 0 Å². The zero-order valence-electron chi connectivity index (χ0n) is 16.5. The lowest BCUT2D eigenvalue weighted by atomic mass is 10.0. The van der Waals surface area contributed by atoms with Crippen LogP contribution in [0, 0.1) is 10.1 Å². The molecule has 0 aromatic heterocycles. The van der Waals surface area contributed by atoms with Gasteiger partial charge in [-0.05, 0) is 11.1 Å². The summed E-state index contributed by atoms with van der Waals surface area (Å²) in [7, 11) is 0. The van der Waals surface area contributed by atoms with Crippen LogP contribution >= 0.6 is 11.8 Å². The maximum absolute atomic E-state index is 12.9. The standard InChI is InChI=1S/C21H21N3O6S/c25-19-13-31-12-18(23(19)11-15-4-2-1-3-5-15)20(26)22-17(21(27)28)10-14-6-8-16(9-7-14)24(29)30/h1-9,17-18H,10-13H2,(H,22,26)(H,27,28)/t17-,18?/m0/s1. The summed E-state index contributed by atoms with van der Waals surface area (Å²) < 4.78 is 0. The van der Waals surface area contributed by atoms with Gasteiger partial charge in [0, 0.05) is 30.9 Å². The number of benzene rings is 2. The fourth-order valence-electron chi connectivity index (χ4n) is 3.26. The Kier molecular flexibility index (Phi) is 7.24. The maximum Gasteiger partial charge on any atom is 0.326 e. The molecule has 2 atom stereocenters. The average molecular weight is 443 g/mol. The lowest BCUT2D eigenvalue weighted by Gasteiger charge is -2.35. The molecule has 2 aromatic carbocycles. The van der Waals surface area contributed by atoms with Gasteiger partial charge in [-0.1, -0.05) is 42.5 Å². The van der Waals surface area contributed by atoms with Gasteiger partial charge in [0.15, 0.2) is 0 Å². The van der Waals surface area contributed by atoms with Crippen LogP contribution in [0.1, 0.15) is 11.1 Å². The van der Waals surface area contributed by atoms with Crippen molar-refractivity contribution in [2.45, 2.75) is 25.0 Å². The number of hydrogen-bond acceptors (Lipinski definition) is 6. The monoisotopic (exact) mass is 443 g/mol. The number of non-ortho nitro benzene ring substituents is 1. The molecule has 1 saturated heterocycles. The summed E-state index contributed by atoms with van der Waals surface area (Å²) in [4.78, 5) is 48.8. The molecule has 2 amide bonds. The van der Waals surface area contributed by atoms with Crippen LogP contribution in [0.5, 0.6) is 0 Å². The van der Waals surface area contributed by atoms with Gasteiger partial charge in [0.05, 0.1) is 10.7 Å². The number of thioether (sulfide) groups is 1. The van der Waals surface area contributed by atoms with Crippen molar-refractivity contribution in [3.05, 3.63) is 75.8 Å². The van der Waals surface area contributed by atoms with Crippen molar-refractivity contribution >= 4 is 35.2 Å². The van der Waals surface area contributed by atoms with Gasteiger partial charge >= 0.3 is 5.97 Å². The van der Waals surface area contributed by atoms with Gasteiger partial charge in [0.25, 0.3) is 5.69 Å². The second-order valence-corrected chi connectivity index (χ2v) is 8.10. The summed E-state index contributed by atoms with van der Waals surface area (Å²) in [5, 5.41) is 22.9. The highest BCUT2D eigenvalue weighted by Crippen LogP contribution is 2.21. The van der Waals surface area contributed by atoms with E-state index < -0.39 is 28.9 Å². The van der Waals surface area contributed by atoms with Crippen LogP contribution in [0.15, 0.2) is 54.6 Å². The maximum atomic E-state index is 12.9. The number of nitro benzene ring substituents is 1. The highest BCUT2D eigenvalue weighted by molar-refractivity contribution is 8.00. The Morgan fingerprint density at radius 1 is 1.16 bits per heavy atom. The van der Waals surface area contributed by atoms with E-state index in [1.54, 1.807) is 0 Å². The lowest BCUT2D eigenvalue weighted by Crippen LogP contribution is -2.56. The molecule has 2 N–H and O–H groups in total. The number of amides is 2. The Balaban J connectivity index is 1.71. The minimum Gasteiger partial charge on any atom is -0.480 e. The second-order valence-electron chi connectivity index (χ2n) is 7.07. The number of carboxylic acid groups (broad SMARTS) is 1. The van der Waals surface area contributed by atoms with E-state index in [9.17, 15) is 29.6 Å². The van der Waals surface area contributed by atoms with Gasteiger partial charge in [0.2, 0.25) is 11.8 Å². The summed E-state index contributed by atoms with van der Waals surface area (Å²) in [6, 6.07) is 12.7. The lowest BCUT2D eigenvalue weighted by molar-refractivity contribution is -0.384. The van der Waals surface area contributed by atoms with Crippen molar-refractivity contribution in [1.29, 1.82) is 0 Å². The topological polar surface area (TPSA) is 130 Å². The number of carbonyl (C=O) groups is 3. The molecule has 9 nitrogen and oxygen atoms in total. The van der Waals surface area contributed by atoms with E-state index in [2.05, 4.69) is 5.32 Å². The predicted molar refractivity (Wildman–Crippen MR) is 114 cm³/mol. The Morgan fingerprint density at radius 2 is 1.84 bits per heavy atom. The van der Waals surface area contributed by atoms with Gasteiger partial charge in [-0.2, -0.15) is 0 Å². The van der Waals surface area contributed by atoms with Crippen molar-refractivity contribution in [3.8, 4) is 0 Å². The molecule has 0 radical (unpaired) electrons. The zero-order chi connectivity index (χ0) is 22.4. The zero-order valence-corrected chi connectivity index (χ0v) is 17.3. The van der Waals surface area contributed by atoms with Gasteiger partial charge in [-0.3, -0.25) is 19.7 Å². The summed E-state index contributed by atoms with van der Waals surface area (Å²) in [5.41, 5.74) is 1.31. The molecule has 1 unspecified atom stereocenters. The van der Waals surface area contributed by atoms with Crippen LogP contribution in [-0.4, -0.2) is 56.3 Å². The summed E-state index contributed by atoms with van der Waals surface area (Å²) in [5.74, 6) is -1.31. The molecule has 2 aromatic rings. The minimum absolute atomic E-state index is 0.0361. The number of nitro groups is 1. The van der Waals surface area contributed by atoms with Crippen LogP contribution in [0.3, 0.4) is 0 Å². The first-order chi connectivity index (χ1) is 14.8. The molecule has 1 fully saturated rings. The smallest absolute Gasteiger partial charge is 0.326 e. The first kappa shape index (κ1) is 22.3. The normalized spacial score (nSPS) is 17.1. The molecular formula is C21H21N3O6S. The van der Waals surface area contributed by atoms with E-state index in [0.29, 0.717) is 11.3 Å². The molecule has 10 heteroatoms. The molecule has 0 bridgehead atoms. The molecule has 0 aliphatic carbocycles. The van der Waals surface area contributed by atoms with Crippen LogP contribution in [0.4, 0.5) is 5.69 Å². The van der Waals surface area contributed by atoms with Crippen molar-refractivity contribution in [2.24, 2.45) is 0 Å². The molecule has 1 heterocycles. The van der Waals surface area contributed by atoms with Crippen LogP contribution < -0.4 is 5.32 Å². The third-order valence-corrected chi connectivity index (χ3v) is 5.90. The predicted octanol–water partition coefficient (Wildman–Crippen LogP) is 1.85. The first-order valence-electron chi connectivity index (χ1n) is 9.53. The number of carbonyl (C=O) groups excluding carboxylic acids is 2. The summed E-state index contributed by atoms with van der Waals surface area (Å²) in [6.07, 6.45) is -0.0361. The number of rotatable bonds is 8. The van der Waals surface area contributed by atoms with Gasteiger partial charge in [-0.25, -0.2) is 4.79 Å². The molecule has 162 valence electrons. The molecule has 1 aliphatic heterocycles. The van der Waals surface area contributed by atoms with E-state index in [-0.39, 0.29) is 30.3 Å². The van der Waals surface area contributed by atoms with Gasteiger partial charge in [0.1, 0.15) is 12.1 Å². The van der Waals surface area contributed by atoms with Crippen LogP contribution in [-0.2, 0) is 27.3 Å². The van der Waals surface area contributed by atoms with E-state index in [1.807, 2.05) is 30.3 Å². The quantitative estimate of drug-likeness (QED) is 0.470. The fourth-order valence-corrected chi connectivity index (χ4v) is 4.27. The Labute approximate surface area is 182 Å². The minimum atomic E-state index is -1.23. The molecule has 3 rings (SSSR count). The van der Waals surface area contributed by atoms with Crippen molar-refractivity contribution < 1.29 is 24.4 Å². The Hall–Kier alpha value is -3.40. The molecule has 31 heavy (non-hydrogen) atoms. The Morgan fingerprint density at radius 3 is 2.45 bits per heavy atom. The SMILES string of the molecule is O=C(N[C@@H](Cc1ccc([N+](=O)[O-])cc1)C(=O)O)C1CSCC(=O)N1Cc1ccccc1.